The number of fused-ring (bicyclic) bond motifs is 1. The van der Waals surface area contributed by atoms with Crippen molar-refractivity contribution in [2.24, 2.45) is 5.84 Å². The summed E-state index contributed by atoms with van der Waals surface area (Å²) in [4.78, 5) is 4.85. The molecule has 0 aliphatic carbocycles. The van der Waals surface area contributed by atoms with Gasteiger partial charge in [-0.05, 0) is 56.0 Å². The minimum Gasteiger partial charge on any atom is -0.305 e. The molecule has 21 heavy (non-hydrogen) atoms. The van der Waals surface area contributed by atoms with Crippen LogP contribution in [-0.4, -0.2) is 49.6 Å². The number of likely N-dealkylation sites (N-methyl/N-ethyl adjacent to an activating group) is 2. The molecule has 2 aromatic rings. The molecule has 1 saturated heterocycles. The van der Waals surface area contributed by atoms with E-state index in [0.29, 0.717) is 6.04 Å². The standard InChI is InChI=1S/C16H24N4S/c1-19-8-4-9-20(2)14(11-19)15(18-17)13-6-3-5-12-7-10-21-16(12)13/h3,5-7,10,14-15,18H,4,8-9,11,17H2,1-2H3. The Balaban J connectivity index is 1.98. The van der Waals surface area contributed by atoms with E-state index in [1.807, 2.05) is 0 Å². The molecule has 0 bridgehead atoms. The number of hydrogen-bond donors (Lipinski definition) is 2. The molecule has 2 atom stereocenters. The number of nitrogens with zero attached hydrogens (tertiary/aromatic N) is 2. The van der Waals surface area contributed by atoms with E-state index >= 15 is 0 Å². The summed E-state index contributed by atoms with van der Waals surface area (Å²) < 4.78 is 1.35. The first-order chi connectivity index (χ1) is 10.2. The second kappa shape index (κ2) is 6.42. The normalized spacial score (nSPS) is 23.3. The molecule has 2 heterocycles. The lowest BCUT2D eigenvalue weighted by atomic mass is 9.97. The van der Waals surface area contributed by atoms with E-state index in [4.69, 9.17) is 5.84 Å². The van der Waals surface area contributed by atoms with E-state index in [0.717, 1.165) is 19.6 Å². The summed E-state index contributed by atoms with van der Waals surface area (Å²) in [5.74, 6) is 5.96. The maximum atomic E-state index is 5.96. The van der Waals surface area contributed by atoms with Gasteiger partial charge in [-0.1, -0.05) is 18.2 Å². The zero-order chi connectivity index (χ0) is 14.8. The molecule has 1 aromatic carbocycles. The first-order valence-corrected chi connectivity index (χ1v) is 8.39. The molecule has 0 saturated carbocycles. The highest BCUT2D eigenvalue weighted by molar-refractivity contribution is 7.17. The molecular weight excluding hydrogens is 280 g/mol. The second-order valence-corrected chi connectivity index (χ2v) is 6.91. The monoisotopic (exact) mass is 304 g/mol. The fourth-order valence-corrected chi connectivity index (χ4v) is 4.29. The van der Waals surface area contributed by atoms with E-state index in [9.17, 15) is 0 Å². The number of hydrogen-bond acceptors (Lipinski definition) is 5. The highest BCUT2D eigenvalue weighted by Crippen LogP contribution is 2.32. The average Bonchev–Trinajstić information content (AvgIpc) is 2.89. The SMILES string of the molecule is CN1CCCN(C)C(C(NN)c2cccc3ccsc23)C1. The number of nitrogens with one attached hydrogen (secondary N) is 1. The van der Waals surface area contributed by atoms with Gasteiger partial charge in [0.05, 0.1) is 6.04 Å². The highest BCUT2D eigenvalue weighted by Gasteiger charge is 2.30. The van der Waals surface area contributed by atoms with Crippen molar-refractivity contribution >= 4 is 21.4 Å². The maximum absolute atomic E-state index is 5.96. The van der Waals surface area contributed by atoms with Crippen LogP contribution in [0.4, 0.5) is 0 Å². The first kappa shape index (κ1) is 14.9. The lowest BCUT2D eigenvalue weighted by Crippen LogP contribution is -2.48. The predicted molar refractivity (Wildman–Crippen MR) is 90.4 cm³/mol. The zero-order valence-corrected chi connectivity index (χ0v) is 13.6. The quantitative estimate of drug-likeness (QED) is 0.673. The molecule has 3 rings (SSSR count). The third kappa shape index (κ3) is 2.98. The van der Waals surface area contributed by atoms with Crippen molar-refractivity contribution in [3.05, 3.63) is 35.2 Å². The second-order valence-electron chi connectivity index (χ2n) is 5.99. The number of nitrogens with two attached hydrogens (primary N) is 1. The van der Waals surface area contributed by atoms with Crippen LogP contribution in [0.5, 0.6) is 0 Å². The van der Waals surface area contributed by atoms with Crippen LogP contribution in [0.3, 0.4) is 0 Å². The van der Waals surface area contributed by atoms with Gasteiger partial charge in [-0.15, -0.1) is 11.3 Å². The van der Waals surface area contributed by atoms with E-state index in [1.54, 1.807) is 11.3 Å². The fourth-order valence-electron chi connectivity index (χ4n) is 3.33. The van der Waals surface area contributed by atoms with E-state index in [1.165, 1.54) is 22.1 Å². The molecule has 1 aliphatic rings. The third-order valence-electron chi connectivity index (χ3n) is 4.52. The molecule has 1 aromatic heterocycles. The molecule has 1 fully saturated rings. The van der Waals surface area contributed by atoms with Crippen LogP contribution in [0.25, 0.3) is 10.1 Å². The van der Waals surface area contributed by atoms with Gasteiger partial charge >= 0.3 is 0 Å². The number of hydrazine groups is 1. The summed E-state index contributed by atoms with van der Waals surface area (Å²) >= 11 is 1.80. The van der Waals surface area contributed by atoms with Crippen LogP contribution >= 0.6 is 11.3 Å². The molecule has 2 unspecified atom stereocenters. The van der Waals surface area contributed by atoms with E-state index in [2.05, 4.69) is 59.0 Å². The molecule has 3 N–H and O–H groups in total. The van der Waals surface area contributed by atoms with E-state index in [-0.39, 0.29) is 6.04 Å². The summed E-state index contributed by atoms with van der Waals surface area (Å²) in [6, 6.07) is 9.23. The molecule has 0 spiro atoms. The Bertz CT molecular complexity index is 597. The van der Waals surface area contributed by atoms with Crippen molar-refractivity contribution in [3.63, 3.8) is 0 Å². The van der Waals surface area contributed by atoms with Crippen molar-refractivity contribution in [1.29, 1.82) is 0 Å². The minimum atomic E-state index is 0.151. The summed E-state index contributed by atoms with van der Waals surface area (Å²) in [5.41, 5.74) is 4.40. The van der Waals surface area contributed by atoms with Gasteiger partial charge in [-0.3, -0.25) is 11.3 Å². The summed E-state index contributed by atoms with van der Waals surface area (Å²) in [6.45, 7) is 3.31. The third-order valence-corrected chi connectivity index (χ3v) is 5.50. The highest BCUT2D eigenvalue weighted by atomic mass is 32.1. The van der Waals surface area contributed by atoms with Crippen LogP contribution in [0.15, 0.2) is 29.6 Å². The smallest absolute Gasteiger partial charge is 0.0641 e. The Kier molecular flexibility index (Phi) is 4.57. The van der Waals surface area contributed by atoms with Crippen LogP contribution in [0, 0.1) is 0 Å². The molecule has 114 valence electrons. The van der Waals surface area contributed by atoms with Gasteiger partial charge in [0.25, 0.3) is 0 Å². The minimum absolute atomic E-state index is 0.151. The molecule has 0 radical (unpaired) electrons. The molecule has 0 amide bonds. The van der Waals surface area contributed by atoms with Crippen molar-refractivity contribution in [2.75, 3.05) is 33.7 Å². The van der Waals surface area contributed by atoms with Crippen LogP contribution in [0.1, 0.15) is 18.0 Å². The van der Waals surface area contributed by atoms with Gasteiger partial charge in [0.1, 0.15) is 0 Å². The summed E-state index contributed by atoms with van der Waals surface area (Å²) in [5, 5.41) is 3.47. The van der Waals surface area contributed by atoms with Crippen molar-refractivity contribution in [3.8, 4) is 0 Å². The Morgan fingerprint density at radius 2 is 2.14 bits per heavy atom. The predicted octanol–water partition coefficient (Wildman–Crippen LogP) is 2.04. The lowest BCUT2D eigenvalue weighted by molar-refractivity contribution is 0.179. The molecule has 5 heteroatoms. The fraction of sp³-hybridized carbons (Fsp3) is 0.500. The van der Waals surface area contributed by atoms with Crippen molar-refractivity contribution in [1.82, 2.24) is 15.2 Å². The first-order valence-electron chi connectivity index (χ1n) is 7.51. The Morgan fingerprint density at radius 1 is 1.29 bits per heavy atom. The van der Waals surface area contributed by atoms with E-state index < -0.39 is 0 Å². The van der Waals surface area contributed by atoms with Gasteiger partial charge < -0.3 is 9.80 Å². The maximum Gasteiger partial charge on any atom is 0.0641 e. The largest absolute Gasteiger partial charge is 0.305 e. The van der Waals surface area contributed by atoms with Crippen LogP contribution in [-0.2, 0) is 0 Å². The Hall–Kier alpha value is -0.980. The lowest BCUT2D eigenvalue weighted by Gasteiger charge is -2.34. The molecular formula is C16H24N4S. The van der Waals surface area contributed by atoms with Gasteiger partial charge in [0, 0.05) is 17.3 Å². The Labute approximate surface area is 130 Å². The summed E-state index contributed by atoms with van der Waals surface area (Å²) in [7, 11) is 4.41. The van der Waals surface area contributed by atoms with Gasteiger partial charge in [0.2, 0.25) is 0 Å². The van der Waals surface area contributed by atoms with Crippen LogP contribution < -0.4 is 11.3 Å². The number of benzene rings is 1. The van der Waals surface area contributed by atoms with Gasteiger partial charge in [-0.25, -0.2) is 0 Å². The molecule has 1 aliphatic heterocycles. The van der Waals surface area contributed by atoms with Crippen molar-refractivity contribution in [2.45, 2.75) is 18.5 Å². The van der Waals surface area contributed by atoms with Crippen LogP contribution in [0.2, 0.25) is 0 Å². The topological polar surface area (TPSA) is 44.5 Å². The summed E-state index contributed by atoms with van der Waals surface area (Å²) in [6.07, 6.45) is 1.21. The number of rotatable bonds is 3. The Morgan fingerprint density at radius 3 is 2.95 bits per heavy atom. The average molecular weight is 304 g/mol. The van der Waals surface area contributed by atoms with Crippen molar-refractivity contribution < 1.29 is 0 Å². The molecule has 4 nitrogen and oxygen atoms in total. The zero-order valence-electron chi connectivity index (χ0n) is 12.7. The van der Waals surface area contributed by atoms with Gasteiger partial charge in [0.15, 0.2) is 0 Å². The van der Waals surface area contributed by atoms with Gasteiger partial charge in [-0.2, -0.15) is 0 Å². The number of thiophene rings is 1.